The molecule has 3 rings (SSSR count). The number of fused-ring (bicyclic) bond motifs is 1. The van der Waals surface area contributed by atoms with E-state index >= 15 is 0 Å². The van der Waals surface area contributed by atoms with Gasteiger partial charge in [0, 0.05) is 6.42 Å². The van der Waals surface area contributed by atoms with Crippen LogP contribution in [0, 0.1) is 12.3 Å². The van der Waals surface area contributed by atoms with Gasteiger partial charge in [0.15, 0.2) is 14.6 Å². The molecule has 0 bridgehead atoms. The van der Waals surface area contributed by atoms with Crippen molar-refractivity contribution in [1.29, 1.82) is 0 Å². The van der Waals surface area contributed by atoms with Crippen LogP contribution in [0.5, 0.6) is 0 Å². The molecule has 0 atom stereocenters. The van der Waals surface area contributed by atoms with Crippen molar-refractivity contribution in [3.63, 3.8) is 0 Å². The molecule has 0 aliphatic heterocycles. The topological polar surface area (TPSA) is 68.5 Å². The van der Waals surface area contributed by atoms with Gasteiger partial charge in [0.2, 0.25) is 5.91 Å². The third kappa shape index (κ3) is 4.94. The van der Waals surface area contributed by atoms with Crippen LogP contribution in [0.1, 0.15) is 12.0 Å². The number of hydrogen-bond acceptors (Lipinski definition) is 4. The summed E-state index contributed by atoms with van der Waals surface area (Å²) < 4.78 is 27.2. The van der Waals surface area contributed by atoms with Crippen LogP contribution in [-0.2, 0) is 26.9 Å². The molecule has 1 aromatic heterocycles. The average molecular weight is 399 g/mol. The van der Waals surface area contributed by atoms with Gasteiger partial charge < -0.3 is 4.57 Å². The molecule has 2 aromatic carbocycles. The second kappa shape index (κ2) is 8.33. The van der Waals surface area contributed by atoms with E-state index in [-0.39, 0.29) is 17.9 Å². The van der Waals surface area contributed by atoms with Crippen molar-refractivity contribution in [1.82, 2.24) is 4.57 Å². The van der Waals surface area contributed by atoms with Gasteiger partial charge in [-0.05, 0) is 17.7 Å². The summed E-state index contributed by atoms with van der Waals surface area (Å²) in [6, 6.07) is 16.6. The molecular weight excluding hydrogens is 380 g/mol. The molecule has 0 aliphatic carbocycles. The van der Waals surface area contributed by atoms with Gasteiger partial charge in [0.25, 0.3) is 0 Å². The summed E-state index contributed by atoms with van der Waals surface area (Å²) in [5.74, 6) is 1.78. The first-order valence-electron chi connectivity index (χ1n) is 8.32. The molecule has 0 aliphatic rings. The Kier molecular flexibility index (Phi) is 5.89. The predicted molar refractivity (Wildman–Crippen MR) is 108 cm³/mol. The molecule has 0 saturated heterocycles. The summed E-state index contributed by atoms with van der Waals surface area (Å²) in [7, 11) is -3.38. The van der Waals surface area contributed by atoms with Gasteiger partial charge in [-0.15, -0.1) is 6.42 Å². The third-order valence-corrected chi connectivity index (χ3v) is 6.57. The van der Waals surface area contributed by atoms with E-state index in [2.05, 4.69) is 10.9 Å². The number of amides is 1. The van der Waals surface area contributed by atoms with Gasteiger partial charge in [0.05, 0.1) is 28.3 Å². The van der Waals surface area contributed by atoms with Crippen LogP contribution in [0.25, 0.3) is 10.2 Å². The minimum atomic E-state index is -3.38. The fraction of sp³-hybridized carbons (Fsp3) is 0.200. The summed E-state index contributed by atoms with van der Waals surface area (Å²) in [6.07, 6.45) is 5.27. The van der Waals surface area contributed by atoms with Crippen LogP contribution in [0.3, 0.4) is 0 Å². The highest BCUT2D eigenvalue weighted by Crippen LogP contribution is 2.16. The minimum absolute atomic E-state index is 0.0822. The molecule has 1 amide bonds. The van der Waals surface area contributed by atoms with E-state index in [9.17, 15) is 13.2 Å². The molecule has 0 saturated carbocycles. The summed E-state index contributed by atoms with van der Waals surface area (Å²) in [4.78, 5) is 16.8. The van der Waals surface area contributed by atoms with Gasteiger partial charge in [-0.25, -0.2) is 8.42 Å². The van der Waals surface area contributed by atoms with Crippen molar-refractivity contribution in [3.05, 3.63) is 65.0 Å². The average Bonchev–Trinajstić information content (AvgIpc) is 2.98. The Morgan fingerprint density at radius 3 is 2.56 bits per heavy atom. The quantitative estimate of drug-likeness (QED) is 0.600. The van der Waals surface area contributed by atoms with Gasteiger partial charge in [-0.1, -0.05) is 59.7 Å². The maximum atomic E-state index is 12.3. The number of para-hydroxylation sites is 1. The smallest absolute Gasteiger partial charge is 0.249 e. The Hall–Kier alpha value is -2.69. The normalized spacial score (nSPS) is 12.2. The monoisotopic (exact) mass is 398 g/mol. The van der Waals surface area contributed by atoms with Crippen molar-refractivity contribution in [2.45, 2.75) is 18.7 Å². The lowest BCUT2D eigenvalue weighted by Gasteiger charge is -2.03. The Bertz CT molecular complexity index is 1170. The molecule has 138 valence electrons. The summed E-state index contributed by atoms with van der Waals surface area (Å²) >= 11 is 1.36. The van der Waals surface area contributed by atoms with E-state index in [1.807, 2.05) is 30.3 Å². The highest BCUT2D eigenvalue weighted by Gasteiger charge is 2.15. The van der Waals surface area contributed by atoms with Crippen LogP contribution in [0.4, 0.5) is 0 Å². The lowest BCUT2D eigenvalue weighted by atomic mass is 10.2. The maximum absolute atomic E-state index is 12.3. The van der Waals surface area contributed by atoms with Gasteiger partial charge in [-0.2, -0.15) is 4.99 Å². The van der Waals surface area contributed by atoms with Crippen molar-refractivity contribution < 1.29 is 13.2 Å². The van der Waals surface area contributed by atoms with E-state index in [4.69, 9.17) is 6.42 Å². The highest BCUT2D eigenvalue weighted by atomic mass is 32.2. The molecule has 0 fully saturated rings. The first-order valence-corrected chi connectivity index (χ1v) is 11.0. The van der Waals surface area contributed by atoms with Crippen LogP contribution in [-0.4, -0.2) is 24.6 Å². The fourth-order valence-corrected chi connectivity index (χ4v) is 5.03. The number of thiazole rings is 1. The number of terminal acetylenes is 1. The highest BCUT2D eigenvalue weighted by molar-refractivity contribution is 7.90. The standard InChI is InChI=1S/C20H18N2O3S2/c1-2-13-22-17-10-6-7-11-18(17)26-20(22)21-19(23)12-14-27(24,25)15-16-8-4-3-5-9-16/h1,3-11H,12-15H2. The lowest BCUT2D eigenvalue weighted by molar-refractivity contribution is -0.117. The Morgan fingerprint density at radius 1 is 1.11 bits per heavy atom. The van der Waals surface area contributed by atoms with Crippen molar-refractivity contribution in [3.8, 4) is 12.3 Å². The summed E-state index contributed by atoms with van der Waals surface area (Å²) in [6.45, 7) is 0.294. The minimum Gasteiger partial charge on any atom is -0.305 e. The Balaban J connectivity index is 1.76. The predicted octanol–water partition coefficient (Wildman–Crippen LogP) is 2.77. The number of carbonyl (C=O) groups is 1. The zero-order valence-corrected chi connectivity index (χ0v) is 16.2. The van der Waals surface area contributed by atoms with Crippen molar-refractivity contribution >= 4 is 37.3 Å². The molecule has 0 radical (unpaired) electrons. The molecule has 0 N–H and O–H groups in total. The van der Waals surface area contributed by atoms with E-state index in [1.165, 1.54) is 11.3 Å². The van der Waals surface area contributed by atoms with Gasteiger partial charge in [-0.3, -0.25) is 4.79 Å². The molecule has 3 aromatic rings. The molecule has 0 spiro atoms. The van der Waals surface area contributed by atoms with Gasteiger partial charge >= 0.3 is 0 Å². The first-order chi connectivity index (χ1) is 13.0. The zero-order valence-electron chi connectivity index (χ0n) is 14.5. The Labute approximate surface area is 161 Å². The van der Waals surface area contributed by atoms with E-state index in [0.29, 0.717) is 16.9 Å². The molecule has 5 nitrogen and oxygen atoms in total. The summed E-state index contributed by atoms with van der Waals surface area (Å²) in [5.41, 5.74) is 1.61. The molecule has 7 heteroatoms. The molecule has 1 heterocycles. The number of carbonyl (C=O) groups excluding carboxylic acids is 1. The second-order valence-electron chi connectivity index (χ2n) is 5.98. The van der Waals surface area contributed by atoms with Gasteiger partial charge in [0.1, 0.15) is 0 Å². The first kappa shape index (κ1) is 19.1. The number of hydrogen-bond donors (Lipinski definition) is 0. The van der Waals surface area contributed by atoms with Crippen LogP contribution in [0.2, 0.25) is 0 Å². The molecule has 0 unspecified atom stereocenters. The third-order valence-electron chi connectivity index (χ3n) is 3.91. The van der Waals surface area contributed by atoms with Crippen molar-refractivity contribution in [2.24, 2.45) is 4.99 Å². The lowest BCUT2D eigenvalue weighted by Crippen LogP contribution is -2.18. The van der Waals surface area contributed by atoms with E-state index in [0.717, 1.165) is 10.2 Å². The SMILES string of the molecule is C#CCn1c(=NC(=O)CCS(=O)(=O)Cc2ccccc2)sc2ccccc21. The second-order valence-corrected chi connectivity index (χ2v) is 9.17. The fourth-order valence-electron chi connectivity index (χ4n) is 2.66. The van der Waals surface area contributed by atoms with E-state index in [1.54, 1.807) is 28.8 Å². The number of benzene rings is 2. The number of aromatic nitrogens is 1. The largest absolute Gasteiger partial charge is 0.305 e. The Morgan fingerprint density at radius 2 is 1.81 bits per heavy atom. The van der Waals surface area contributed by atoms with Crippen LogP contribution < -0.4 is 4.80 Å². The van der Waals surface area contributed by atoms with Crippen molar-refractivity contribution in [2.75, 3.05) is 5.75 Å². The van der Waals surface area contributed by atoms with E-state index < -0.39 is 15.7 Å². The summed E-state index contributed by atoms with van der Waals surface area (Å²) in [5, 5.41) is 0. The number of rotatable bonds is 6. The number of nitrogens with zero attached hydrogens (tertiary/aromatic N) is 2. The molecular formula is C20H18N2O3S2. The van der Waals surface area contributed by atoms with Crippen LogP contribution in [0.15, 0.2) is 59.6 Å². The molecule has 27 heavy (non-hydrogen) atoms. The zero-order chi connectivity index (χ0) is 19.3. The maximum Gasteiger partial charge on any atom is 0.249 e. The van der Waals surface area contributed by atoms with Crippen LogP contribution >= 0.6 is 11.3 Å². The number of sulfone groups is 1.